The van der Waals surface area contributed by atoms with E-state index in [1.807, 2.05) is 6.92 Å². The lowest BCUT2D eigenvalue weighted by Gasteiger charge is -2.17. The van der Waals surface area contributed by atoms with Gasteiger partial charge < -0.3 is 9.47 Å². The smallest absolute Gasteiger partial charge is 0.338 e. The van der Waals surface area contributed by atoms with Crippen molar-refractivity contribution in [3.05, 3.63) is 29.6 Å². The number of carbonyl (C=O) groups is 2. The number of hydrogen-bond acceptors (Lipinski definition) is 8. The van der Waals surface area contributed by atoms with Crippen molar-refractivity contribution in [3.63, 3.8) is 0 Å². The molecule has 0 N–H and O–H groups in total. The molecule has 0 spiro atoms. The molecule has 25 heavy (non-hydrogen) atoms. The summed E-state index contributed by atoms with van der Waals surface area (Å²) in [6, 6.07) is 1.67. The molecule has 0 radical (unpaired) electrons. The highest BCUT2D eigenvalue weighted by molar-refractivity contribution is 8.38. The lowest BCUT2D eigenvalue weighted by molar-refractivity contribution is -0.144. The lowest BCUT2D eigenvalue weighted by atomic mass is 10.0. The molecular weight excluding hydrogens is 360 g/mol. The Morgan fingerprint density at radius 3 is 2.80 bits per heavy atom. The van der Waals surface area contributed by atoms with Crippen molar-refractivity contribution in [1.82, 2.24) is 4.98 Å². The Morgan fingerprint density at radius 1 is 1.32 bits per heavy atom. The van der Waals surface area contributed by atoms with Crippen molar-refractivity contribution in [3.8, 4) is 0 Å². The predicted octanol–water partition coefficient (Wildman–Crippen LogP) is 3.31. The van der Waals surface area contributed by atoms with Gasteiger partial charge in [-0.15, -0.1) is 0 Å². The molecule has 0 saturated heterocycles. The molecule has 1 aromatic heterocycles. The van der Waals surface area contributed by atoms with Gasteiger partial charge in [0.25, 0.3) is 0 Å². The molecule has 136 valence electrons. The molecule has 1 aromatic rings. The normalized spacial score (nSPS) is 19.4. The van der Waals surface area contributed by atoms with Gasteiger partial charge in [0.05, 0.1) is 30.7 Å². The van der Waals surface area contributed by atoms with E-state index in [0.29, 0.717) is 24.5 Å². The lowest BCUT2D eigenvalue weighted by Crippen LogP contribution is -2.27. The van der Waals surface area contributed by atoms with E-state index in [0.717, 1.165) is 15.7 Å². The van der Waals surface area contributed by atoms with Crippen LogP contribution in [0, 0.1) is 0 Å². The van der Waals surface area contributed by atoms with Gasteiger partial charge in [-0.3, -0.25) is 14.8 Å². The van der Waals surface area contributed by atoms with Gasteiger partial charge in [0, 0.05) is 23.9 Å². The van der Waals surface area contributed by atoms with Crippen LogP contribution in [0.5, 0.6) is 0 Å². The summed E-state index contributed by atoms with van der Waals surface area (Å²) in [6.45, 7) is 6.25. The molecule has 1 atom stereocenters. The van der Waals surface area contributed by atoms with Crippen LogP contribution in [0.3, 0.4) is 0 Å². The highest BCUT2D eigenvalue weighted by Gasteiger charge is 2.34. The first kappa shape index (κ1) is 19.8. The SMILES string of the molecule is CCOC(=O)CC1(C)CSC(SCc2cnccc2C(=O)OCC)=N1. The van der Waals surface area contributed by atoms with Gasteiger partial charge in [0.2, 0.25) is 0 Å². The van der Waals surface area contributed by atoms with Crippen LogP contribution in [0.1, 0.15) is 43.1 Å². The van der Waals surface area contributed by atoms with E-state index >= 15 is 0 Å². The van der Waals surface area contributed by atoms with Crippen molar-refractivity contribution in [2.75, 3.05) is 19.0 Å². The summed E-state index contributed by atoms with van der Waals surface area (Å²) in [5.74, 6) is 0.751. The van der Waals surface area contributed by atoms with Crippen LogP contribution in [-0.2, 0) is 20.0 Å². The minimum absolute atomic E-state index is 0.225. The van der Waals surface area contributed by atoms with Crippen LogP contribution in [0.2, 0.25) is 0 Å². The fraction of sp³-hybridized carbons (Fsp3) is 0.529. The Hall–Kier alpha value is -1.54. The number of ether oxygens (including phenoxy) is 2. The summed E-state index contributed by atoms with van der Waals surface area (Å²) in [4.78, 5) is 32.5. The number of pyridine rings is 1. The van der Waals surface area contributed by atoms with E-state index in [9.17, 15) is 9.59 Å². The van der Waals surface area contributed by atoms with E-state index in [1.165, 1.54) is 0 Å². The largest absolute Gasteiger partial charge is 0.466 e. The number of rotatable bonds is 7. The Balaban J connectivity index is 1.99. The third-order valence-corrected chi connectivity index (χ3v) is 6.05. The molecule has 2 heterocycles. The summed E-state index contributed by atoms with van der Waals surface area (Å²) < 4.78 is 11.0. The summed E-state index contributed by atoms with van der Waals surface area (Å²) in [6.07, 6.45) is 3.54. The summed E-state index contributed by atoms with van der Waals surface area (Å²) in [5, 5.41) is 0. The molecular formula is C17H22N2O4S2. The molecule has 1 unspecified atom stereocenters. The Morgan fingerprint density at radius 2 is 2.08 bits per heavy atom. The van der Waals surface area contributed by atoms with E-state index in [-0.39, 0.29) is 18.4 Å². The number of aliphatic imine (C=N–C) groups is 1. The number of hydrogen-bond donors (Lipinski definition) is 0. The average Bonchev–Trinajstić information content (AvgIpc) is 2.94. The average molecular weight is 383 g/mol. The maximum Gasteiger partial charge on any atom is 0.338 e. The Bertz CT molecular complexity index is 666. The van der Waals surface area contributed by atoms with Gasteiger partial charge in [-0.1, -0.05) is 23.5 Å². The Kier molecular flexibility index (Phi) is 7.31. The molecule has 0 aromatic carbocycles. The molecule has 1 aliphatic heterocycles. The predicted molar refractivity (Wildman–Crippen MR) is 101 cm³/mol. The second-order valence-corrected chi connectivity index (χ2v) is 7.87. The van der Waals surface area contributed by atoms with Gasteiger partial charge >= 0.3 is 11.9 Å². The van der Waals surface area contributed by atoms with Gasteiger partial charge in [0.15, 0.2) is 0 Å². The highest BCUT2D eigenvalue weighted by Crippen LogP contribution is 2.36. The molecule has 0 bridgehead atoms. The second-order valence-electron chi connectivity index (χ2n) is 5.69. The Labute approximate surface area is 156 Å². The highest BCUT2D eigenvalue weighted by atomic mass is 32.2. The van der Waals surface area contributed by atoms with E-state index in [1.54, 1.807) is 55.8 Å². The van der Waals surface area contributed by atoms with Crippen molar-refractivity contribution in [2.24, 2.45) is 4.99 Å². The van der Waals surface area contributed by atoms with Crippen molar-refractivity contribution in [1.29, 1.82) is 0 Å². The van der Waals surface area contributed by atoms with Crippen LogP contribution in [0.25, 0.3) is 0 Å². The molecule has 0 saturated carbocycles. The molecule has 0 aliphatic carbocycles. The van der Waals surface area contributed by atoms with Crippen LogP contribution in [0.4, 0.5) is 0 Å². The second kappa shape index (κ2) is 9.24. The topological polar surface area (TPSA) is 77.8 Å². The summed E-state index contributed by atoms with van der Waals surface area (Å²) in [5.41, 5.74) is 0.911. The third kappa shape index (κ3) is 5.74. The number of esters is 2. The molecule has 0 fully saturated rings. The van der Waals surface area contributed by atoms with Crippen molar-refractivity contribution < 1.29 is 19.1 Å². The van der Waals surface area contributed by atoms with Crippen LogP contribution >= 0.6 is 23.5 Å². The zero-order valence-corrected chi connectivity index (χ0v) is 16.2. The molecule has 1 aliphatic rings. The van der Waals surface area contributed by atoms with E-state index < -0.39 is 5.54 Å². The minimum atomic E-state index is -0.432. The van der Waals surface area contributed by atoms with Gasteiger partial charge in [-0.05, 0) is 32.4 Å². The van der Waals surface area contributed by atoms with Crippen molar-refractivity contribution in [2.45, 2.75) is 38.5 Å². The van der Waals surface area contributed by atoms with Crippen LogP contribution < -0.4 is 0 Å². The molecule has 8 heteroatoms. The van der Waals surface area contributed by atoms with Crippen LogP contribution in [-0.4, -0.2) is 45.8 Å². The first-order chi connectivity index (χ1) is 12.0. The van der Waals surface area contributed by atoms with Crippen molar-refractivity contribution >= 4 is 39.8 Å². The molecule has 6 nitrogen and oxygen atoms in total. The molecule has 2 rings (SSSR count). The maximum atomic E-state index is 12.0. The third-order valence-electron chi connectivity index (χ3n) is 3.45. The first-order valence-electron chi connectivity index (χ1n) is 8.08. The summed E-state index contributed by atoms with van der Waals surface area (Å²) >= 11 is 3.16. The van der Waals surface area contributed by atoms with Gasteiger partial charge in [-0.2, -0.15) is 0 Å². The van der Waals surface area contributed by atoms with Crippen LogP contribution in [0.15, 0.2) is 23.5 Å². The number of carbonyl (C=O) groups excluding carboxylic acids is 2. The fourth-order valence-corrected chi connectivity index (χ4v) is 4.65. The number of thioether (sulfide) groups is 2. The summed E-state index contributed by atoms with van der Waals surface area (Å²) in [7, 11) is 0. The zero-order chi connectivity index (χ0) is 18.3. The number of aromatic nitrogens is 1. The van der Waals surface area contributed by atoms with Gasteiger partial charge in [-0.25, -0.2) is 4.79 Å². The quantitative estimate of drug-likeness (QED) is 0.670. The number of nitrogens with zero attached hydrogens (tertiary/aromatic N) is 2. The first-order valence-corrected chi connectivity index (χ1v) is 10.1. The minimum Gasteiger partial charge on any atom is -0.466 e. The van der Waals surface area contributed by atoms with E-state index in [4.69, 9.17) is 9.47 Å². The zero-order valence-electron chi connectivity index (χ0n) is 14.6. The fourth-order valence-electron chi connectivity index (χ4n) is 2.28. The monoisotopic (exact) mass is 382 g/mol. The van der Waals surface area contributed by atoms with E-state index in [2.05, 4.69) is 9.98 Å². The van der Waals surface area contributed by atoms with Gasteiger partial charge in [0.1, 0.15) is 4.38 Å². The maximum absolute atomic E-state index is 12.0. The standard InChI is InChI=1S/C17H22N2O4S2/c1-4-22-14(20)8-17(3)11-25-16(19-17)24-10-12-9-18-7-6-13(12)15(21)23-5-2/h6-7,9H,4-5,8,10-11H2,1-3H3. The molecule has 0 amide bonds.